The average molecular weight is 269 g/mol. The van der Waals surface area contributed by atoms with Crippen molar-refractivity contribution in [1.82, 2.24) is 10.0 Å². The first-order valence-electron chi connectivity index (χ1n) is 5.25. The van der Waals surface area contributed by atoms with Crippen molar-refractivity contribution < 1.29 is 13.2 Å². The van der Waals surface area contributed by atoms with E-state index in [1.807, 2.05) is 0 Å². The molecule has 0 saturated heterocycles. The Morgan fingerprint density at radius 3 is 2.62 bits per heavy atom. The lowest BCUT2D eigenvalue weighted by Gasteiger charge is -2.10. The number of amides is 1. The monoisotopic (exact) mass is 268 g/mol. The molecular formula is C9H17ClN2O3S. The second-order valence-electron chi connectivity index (χ2n) is 4.20. The van der Waals surface area contributed by atoms with Gasteiger partial charge in [-0.2, -0.15) is 0 Å². The van der Waals surface area contributed by atoms with Crippen molar-refractivity contribution in [3.05, 3.63) is 0 Å². The van der Waals surface area contributed by atoms with Gasteiger partial charge < -0.3 is 5.32 Å². The lowest BCUT2D eigenvalue weighted by Crippen LogP contribution is -2.39. The molecule has 1 aliphatic rings. The van der Waals surface area contributed by atoms with E-state index in [1.165, 1.54) is 0 Å². The van der Waals surface area contributed by atoms with Crippen LogP contribution in [-0.4, -0.2) is 38.5 Å². The van der Waals surface area contributed by atoms with Crippen LogP contribution in [0, 0.1) is 5.92 Å². The third kappa shape index (κ3) is 5.67. The van der Waals surface area contributed by atoms with Gasteiger partial charge in [-0.3, -0.25) is 4.79 Å². The molecule has 0 aromatic heterocycles. The van der Waals surface area contributed by atoms with Gasteiger partial charge in [0.25, 0.3) is 0 Å². The van der Waals surface area contributed by atoms with Crippen LogP contribution in [0.4, 0.5) is 0 Å². The number of carbonyl (C=O) groups is 1. The van der Waals surface area contributed by atoms with Crippen molar-refractivity contribution in [3.63, 3.8) is 0 Å². The standard InChI is InChI=1S/C9H17ClN2O3S/c1-7(4-10)6-16(14,15)11-5-9(13)12-8-2-3-8/h7-8,11H,2-6H2,1H3,(H,12,13). The minimum Gasteiger partial charge on any atom is -0.352 e. The molecule has 1 rings (SSSR count). The van der Waals surface area contributed by atoms with E-state index in [1.54, 1.807) is 6.92 Å². The molecule has 1 fully saturated rings. The summed E-state index contributed by atoms with van der Waals surface area (Å²) in [4.78, 5) is 11.2. The number of carbonyl (C=O) groups excluding carboxylic acids is 1. The predicted molar refractivity (Wildman–Crippen MR) is 62.8 cm³/mol. The van der Waals surface area contributed by atoms with Crippen LogP contribution in [0.15, 0.2) is 0 Å². The van der Waals surface area contributed by atoms with Crippen LogP contribution < -0.4 is 10.0 Å². The maximum atomic E-state index is 11.5. The fourth-order valence-electron chi connectivity index (χ4n) is 1.16. The van der Waals surface area contributed by atoms with Gasteiger partial charge >= 0.3 is 0 Å². The fourth-order valence-corrected chi connectivity index (χ4v) is 2.73. The first kappa shape index (κ1) is 13.7. The van der Waals surface area contributed by atoms with E-state index in [-0.39, 0.29) is 36.0 Å². The zero-order chi connectivity index (χ0) is 12.2. The largest absolute Gasteiger partial charge is 0.352 e. The highest BCUT2D eigenvalue weighted by molar-refractivity contribution is 7.89. The minimum absolute atomic E-state index is 0.0484. The van der Waals surface area contributed by atoms with Crippen molar-refractivity contribution in [3.8, 4) is 0 Å². The predicted octanol–water partition coefficient (Wildman–Crippen LogP) is 0.0593. The van der Waals surface area contributed by atoms with E-state index in [9.17, 15) is 13.2 Å². The Morgan fingerprint density at radius 2 is 2.12 bits per heavy atom. The molecule has 0 radical (unpaired) electrons. The smallest absolute Gasteiger partial charge is 0.235 e. The van der Waals surface area contributed by atoms with Crippen LogP contribution in [0.2, 0.25) is 0 Å². The van der Waals surface area contributed by atoms with Crippen LogP contribution in [0.1, 0.15) is 19.8 Å². The maximum Gasteiger partial charge on any atom is 0.235 e. The van der Waals surface area contributed by atoms with Crippen LogP contribution in [0.25, 0.3) is 0 Å². The molecule has 1 aliphatic carbocycles. The summed E-state index contributed by atoms with van der Waals surface area (Å²) in [6, 6.07) is 0.249. The highest BCUT2D eigenvalue weighted by Crippen LogP contribution is 2.18. The fraction of sp³-hybridized carbons (Fsp3) is 0.889. The van der Waals surface area contributed by atoms with Gasteiger partial charge in [0, 0.05) is 11.9 Å². The Morgan fingerprint density at radius 1 is 1.50 bits per heavy atom. The minimum atomic E-state index is -3.40. The van der Waals surface area contributed by atoms with Gasteiger partial charge in [-0.15, -0.1) is 11.6 Å². The summed E-state index contributed by atoms with van der Waals surface area (Å²) in [5, 5.41) is 2.70. The molecule has 0 heterocycles. The third-order valence-corrected chi connectivity index (χ3v) is 4.28. The normalized spacial score (nSPS) is 18.1. The van der Waals surface area contributed by atoms with Crippen molar-refractivity contribution in [1.29, 1.82) is 0 Å². The average Bonchev–Trinajstić information content (AvgIpc) is 2.98. The number of halogens is 1. The summed E-state index contributed by atoms with van der Waals surface area (Å²) in [7, 11) is -3.40. The molecular weight excluding hydrogens is 252 g/mol. The highest BCUT2D eigenvalue weighted by Gasteiger charge is 2.24. The zero-order valence-electron chi connectivity index (χ0n) is 9.20. The van der Waals surface area contributed by atoms with Crippen molar-refractivity contribution >= 4 is 27.5 Å². The Labute approximate surface area is 101 Å². The molecule has 0 aromatic carbocycles. The third-order valence-electron chi connectivity index (χ3n) is 2.16. The maximum absolute atomic E-state index is 11.5. The van der Waals surface area contributed by atoms with Crippen molar-refractivity contribution in [2.45, 2.75) is 25.8 Å². The summed E-state index contributed by atoms with van der Waals surface area (Å²) in [6.45, 7) is 1.56. The molecule has 0 spiro atoms. The van der Waals surface area contributed by atoms with E-state index in [0.29, 0.717) is 0 Å². The number of hydrogen-bond donors (Lipinski definition) is 2. The summed E-state index contributed by atoms with van der Waals surface area (Å²) in [6.07, 6.45) is 1.98. The molecule has 2 N–H and O–H groups in total. The van der Waals surface area contributed by atoms with Gasteiger partial charge in [-0.1, -0.05) is 6.92 Å². The van der Waals surface area contributed by atoms with Gasteiger partial charge in [0.1, 0.15) is 0 Å². The van der Waals surface area contributed by atoms with Gasteiger partial charge in [0.2, 0.25) is 15.9 Å². The summed E-state index contributed by atoms with van der Waals surface area (Å²) in [5.74, 6) is -0.155. The molecule has 1 unspecified atom stereocenters. The molecule has 1 amide bonds. The van der Waals surface area contributed by atoms with Crippen molar-refractivity contribution in [2.24, 2.45) is 5.92 Å². The summed E-state index contributed by atoms with van der Waals surface area (Å²) < 4.78 is 25.2. The number of rotatable bonds is 7. The SMILES string of the molecule is CC(CCl)CS(=O)(=O)NCC(=O)NC1CC1. The molecule has 7 heteroatoms. The van der Waals surface area contributed by atoms with E-state index < -0.39 is 10.0 Å². The first-order chi connectivity index (χ1) is 7.43. The van der Waals surface area contributed by atoms with Crippen molar-refractivity contribution in [2.75, 3.05) is 18.2 Å². The molecule has 16 heavy (non-hydrogen) atoms. The summed E-state index contributed by atoms with van der Waals surface area (Å²) >= 11 is 5.53. The second kappa shape index (κ2) is 5.84. The zero-order valence-corrected chi connectivity index (χ0v) is 10.8. The number of alkyl halides is 1. The van der Waals surface area contributed by atoms with Gasteiger partial charge in [-0.25, -0.2) is 13.1 Å². The summed E-state index contributed by atoms with van der Waals surface area (Å²) in [5.41, 5.74) is 0. The molecule has 0 aliphatic heterocycles. The number of sulfonamides is 1. The first-order valence-corrected chi connectivity index (χ1v) is 7.44. The quantitative estimate of drug-likeness (QED) is 0.641. The van der Waals surface area contributed by atoms with Gasteiger partial charge in [-0.05, 0) is 18.8 Å². The molecule has 0 bridgehead atoms. The Kier molecular flexibility index (Phi) is 5.01. The topological polar surface area (TPSA) is 75.3 Å². The molecule has 5 nitrogen and oxygen atoms in total. The number of nitrogens with one attached hydrogen (secondary N) is 2. The van der Waals surface area contributed by atoms with Crippen LogP contribution in [0.3, 0.4) is 0 Å². The van der Waals surface area contributed by atoms with Crippen LogP contribution >= 0.6 is 11.6 Å². The van der Waals surface area contributed by atoms with Crippen LogP contribution in [-0.2, 0) is 14.8 Å². The molecule has 94 valence electrons. The van der Waals surface area contributed by atoms with Gasteiger partial charge in [0.05, 0.1) is 12.3 Å². The van der Waals surface area contributed by atoms with E-state index >= 15 is 0 Å². The van der Waals surface area contributed by atoms with Gasteiger partial charge in [0.15, 0.2) is 0 Å². The molecule has 1 saturated carbocycles. The lowest BCUT2D eigenvalue weighted by molar-refractivity contribution is -0.120. The Balaban J connectivity index is 2.26. The Bertz CT molecular complexity index is 341. The lowest BCUT2D eigenvalue weighted by atomic mass is 10.3. The van der Waals surface area contributed by atoms with E-state index in [2.05, 4.69) is 10.0 Å². The number of hydrogen-bond acceptors (Lipinski definition) is 3. The Hall–Kier alpha value is -0.330. The van der Waals surface area contributed by atoms with Crippen LogP contribution in [0.5, 0.6) is 0 Å². The molecule has 1 atom stereocenters. The van der Waals surface area contributed by atoms with E-state index in [4.69, 9.17) is 11.6 Å². The van der Waals surface area contributed by atoms with E-state index in [0.717, 1.165) is 12.8 Å². The second-order valence-corrected chi connectivity index (χ2v) is 6.36. The molecule has 0 aromatic rings. The highest BCUT2D eigenvalue weighted by atomic mass is 35.5.